The van der Waals surface area contributed by atoms with E-state index >= 15 is 0 Å². The third kappa shape index (κ3) is 3.29. The average Bonchev–Trinajstić information content (AvgIpc) is 2.45. The summed E-state index contributed by atoms with van der Waals surface area (Å²) in [7, 11) is 2.02. The Hall–Kier alpha value is -0.0500. The van der Waals surface area contributed by atoms with Crippen LogP contribution in [0.1, 0.15) is 13.3 Å². The van der Waals surface area contributed by atoms with Gasteiger partial charge in [0.05, 0.1) is 0 Å². The molecule has 1 atom stereocenters. The molecule has 0 amide bonds. The van der Waals surface area contributed by atoms with Crippen LogP contribution in [0.4, 0.5) is 0 Å². The molecule has 1 N–H and O–H groups in total. The van der Waals surface area contributed by atoms with Gasteiger partial charge in [-0.15, -0.1) is 0 Å². The lowest BCUT2D eigenvalue weighted by atomic mass is 9.90. The molecule has 2 nitrogen and oxygen atoms in total. The molecule has 0 spiro atoms. The van der Waals surface area contributed by atoms with Crippen molar-refractivity contribution in [1.82, 2.24) is 10.2 Å². The first kappa shape index (κ1) is 11.0. The molecule has 0 aliphatic carbocycles. The molecular weight excluding hydrogens is 184 g/mol. The Morgan fingerprint density at radius 1 is 1.62 bits per heavy atom. The lowest BCUT2D eigenvalue weighted by Gasteiger charge is -2.23. The highest BCUT2D eigenvalue weighted by Crippen LogP contribution is 2.28. The molecule has 1 aliphatic rings. The van der Waals surface area contributed by atoms with Gasteiger partial charge < -0.3 is 5.32 Å². The van der Waals surface area contributed by atoms with Crippen molar-refractivity contribution in [3.05, 3.63) is 11.6 Å². The lowest BCUT2D eigenvalue weighted by Crippen LogP contribution is -2.33. The zero-order valence-corrected chi connectivity index (χ0v) is 9.27. The second kappa shape index (κ2) is 4.99. The largest absolute Gasteiger partial charge is 0.319 e. The Morgan fingerprint density at radius 3 is 3.00 bits per heavy atom. The van der Waals surface area contributed by atoms with E-state index in [0.29, 0.717) is 5.41 Å². The van der Waals surface area contributed by atoms with Crippen molar-refractivity contribution in [3.63, 3.8) is 0 Å². The van der Waals surface area contributed by atoms with Crippen LogP contribution in [-0.4, -0.2) is 38.1 Å². The molecule has 1 fully saturated rings. The minimum Gasteiger partial charge on any atom is -0.319 e. The topological polar surface area (TPSA) is 15.3 Å². The van der Waals surface area contributed by atoms with Crippen molar-refractivity contribution in [3.8, 4) is 0 Å². The summed E-state index contributed by atoms with van der Waals surface area (Å²) >= 11 is 5.49. The van der Waals surface area contributed by atoms with Crippen LogP contribution in [0.25, 0.3) is 0 Å². The van der Waals surface area contributed by atoms with Crippen LogP contribution < -0.4 is 5.32 Å². The Bertz CT molecular complexity index is 182. The summed E-state index contributed by atoms with van der Waals surface area (Å²) in [5.74, 6) is 0. The van der Waals surface area contributed by atoms with Crippen LogP contribution in [0.3, 0.4) is 0 Å². The monoisotopic (exact) mass is 202 g/mol. The molecule has 13 heavy (non-hydrogen) atoms. The molecule has 0 saturated carbocycles. The van der Waals surface area contributed by atoms with Crippen molar-refractivity contribution in [2.75, 3.05) is 33.2 Å². The summed E-state index contributed by atoms with van der Waals surface area (Å²) in [5.41, 5.74) is 2.06. The standard InChI is InChI=1S/C10H19ClN2/c1-10(8-12-2)4-7-13(9-10)6-3-5-11/h3,5,12H,4,6-9H2,1-2H3/b5-3+. The highest BCUT2D eigenvalue weighted by molar-refractivity contribution is 6.25. The number of rotatable bonds is 4. The molecule has 0 bridgehead atoms. The molecule has 1 heterocycles. The number of nitrogens with one attached hydrogen (secondary N) is 1. The highest BCUT2D eigenvalue weighted by atomic mass is 35.5. The quantitative estimate of drug-likeness (QED) is 0.746. The number of halogens is 1. The summed E-state index contributed by atoms with van der Waals surface area (Å²) < 4.78 is 0. The maximum absolute atomic E-state index is 5.49. The first-order valence-electron chi connectivity index (χ1n) is 4.82. The molecule has 1 aliphatic heterocycles. The zero-order valence-electron chi connectivity index (χ0n) is 8.52. The van der Waals surface area contributed by atoms with Crippen LogP contribution in [0, 0.1) is 5.41 Å². The zero-order chi connectivity index (χ0) is 9.73. The molecule has 76 valence electrons. The minimum absolute atomic E-state index is 0.453. The highest BCUT2D eigenvalue weighted by Gasteiger charge is 2.32. The smallest absolute Gasteiger partial charge is 0.0175 e. The Morgan fingerprint density at radius 2 is 2.38 bits per heavy atom. The van der Waals surface area contributed by atoms with Gasteiger partial charge in [0.2, 0.25) is 0 Å². The SMILES string of the molecule is CNCC1(C)CCN(C/C=C/Cl)C1. The molecule has 0 aromatic carbocycles. The Labute approximate surface area is 85.9 Å². The van der Waals surface area contributed by atoms with E-state index in [1.807, 2.05) is 13.1 Å². The fraction of sp³-hybridized carbons (Fsp3) is 0.800. The molecule has 1 saturated heterocycles. The second-order valence-electron chi connectivity index (χ2n) is 4.19. The molecular formula is C10H19ClN2. The summed E-state index contributed by atoms with van der Waals surface area (Å²) in [6.45, 7) is 6.80. The number of hydrogen-bond acceptors (Lipinski definition) is 2. The number of nitrogens with zero attached hydrogens (tertiary/aromatic N) is 1. The molecule has 0 aromatic heterocycles. The van der Waals surface area contributed by atoms with Gasteiger partial charge in [-0.05, 0) is 25.4 Å². The maximum atomic E-state index is 5.49. The van der Waals surface area contributed by atoms with Crippen molar-refractivity contribution >= 4 is 11.6 Å². The van der Waals surface area contributed by atoms with E-state index in [2.05, 4.69) is 17.1 Å². The van der Waals surface area contributed by atoms with Crippen LogP contribution in [0.2, 0.25) is 0 Å². The second-order valence-corrected chi connectivity index (χ2v) is 4.44. The molecule has 0 radical (unpaired) electrons. The van der Waals surface area contributed by atoms with Crippen LogP contribution >= 0.6 is 11.6 Å². The van der Waals surface area contributed by atoms with Crippen LogP contribution in [0.15, 0.2) is 11.6 Å². The van der Waals surface area contributed by atoms with E-state index in [1.165, 1.54) is 19.5 Å². The van der Waals surface area contributed by atoms with Crippen LogP contribution in [0.5, 0.6) is 0 Å². The third-order valence-electron chi connectivity index (χ3n) is 2.69. The molecule has 1 rings (SSSR count). The van der Waals surface area contributed by atoms with Gasteiger partial charge in [-0.1, -0.05) is 24.6 Å². The van der Waals surface area contributed by atoms with Crippen molar-refractivity contribution in [2.24, 2.45) is 5.41 Å². The predicted octanol–water partition coefficient (Wildman–Crippen LogP) is 1.67. The molecule has 3 heteroatoms. The van der Waals surface area contributed by atoms with Gasteiger partial charge in [0.25, 0.3) is 0 Å². The van der Waals surface area contributed by atoms with Gasteiger partial charge in [-0.25, -0.2) is 0 Å². The van der Waals surface area contributed by atoms with E-state index in [9.17, 15) is 0 Å². The van der Waals surface area contributed by atoms with Gasteiger partial charge in [-0.3, -0.25) is 4.90 Å². The summed E-state index contributed by atoms with van der Waals surface area (Å²) in [4.78, 5) is 2.44. The van der Waals surface area contributed by atoms with Crippen molar-refractivity contribution in [2.45, 2.75) is 13.3 Å². The van der Waals surface area contributed by atoms with Crippen LogP contribution in [-0.2, 0) is 0 Å². The molecule has 0 aromatic rings. The normalized spacial score (nSPS) is 30.4. The summed E-state index contributed by atoms with van der Waals surface area (Å²) in [5, 5.41) is 3.26. The number of likely N-dealkylation sites (tertiary alicyclic amines) is 1. The number of hydrogen-bond donors (Lipinski definition) is 1. The fourth-order valence-electron chi connectivity index (χ4n) is 2.04. The van der Waals surface area contributed by atoms with Gasteiger partial charge in [-0.2, -0.15) is 0 Å². The van der Waals surface area contributed by atoms with E-state index in [1.54, 1.807) is 5.54 Å². The van der Waals surface area contributed by atoms with Gasteiger partial charge >= 0.3 is 0 Å². The van der Waals surface area contributed by atoms with Gasteiger partial charge in [0, 0.05) is 25.2 Å². The first-order valence-corrected chi connectivity index (χ1v) is 5.26. The predicted molar refractivity (Wildman–Crippen MR) is 58.1 cm³/mol. The average molecular weight is 203 g/mol. The minimum atomic E-state index is 0.453. The first-order chi connectivity index (χ1) is 6.20. The Kier molecular flexibility index (Phi) is 4.23. The summed E-state index contributed by atoms with van der Waals surface area (Å²) in [6.07, 6.45) is 3.29. The molecule has 1 unspecified atom stereocenters. The third-order valence-corrected chi connectivity index (χ3v) is 2.87. The fourth-order valence-corrected chi connectivity index (χ4v) is 2.12. The van der Waals surface area contributed by atoms with Crippen molar-refractivity contribution < 1.29 is 0 Å². The Balaban J connectivity index is 2.34. The lowest BCUT2D eigenvalue weighted by molar-refractivity contribution is 0.288. The van der Waals surface area contributed by atoms with Gasteiger partial charge in [0.15, 0.2) is 0 Å². The van der Waals surface area contributed by atoms with Gasteiger partial charge in [0.1, 0.15) is 0 Å². The summed E-state index contributed by atoms with van der Waals surface area (Å²) in [6, 6.07) is 0. The van der Waals surface area contributed by atoms with E-state index in [0.717, 1.165) is 13.1 Å². The van der Waals surface area contributed by atoms with E-state index in [4.69, 9.17) is 11.6 Å². The van der Waals surface area contributed by atoms with Crippen molar-refractivity contribution in [1.29, 1.82) is 0 Å². The van der Waals surface area contributed by atoms with E-state index in [-0.39, 0.29) is 0 Å². The van der Waals surface area contributed by atoms with E-state index < -0.39 is 0 Å². The maximum Gasteiger partial charge on any atom is 0.0175 e.